The maximum atomic E-state index is 13.6. The molecule has 1 amide bonds. The SMILES string of the molecule is CC[C@@]1(CCCc2ccccc2)C(=O)N(c2ccc(OC)cc2)[C@@H]1c1ccccc1. The van der Waals surface area contributed by atoms with Crippen LogP contribution in [0, 0.1) is 5.41 Å². The quantitative estimate of drug-likeness (QED) is 0.422. The number of methoxy groups -OCH3 is 1. The van der Waals surface area contributed by atoms with E-state index in [0.29, 0.717) is 0 Å². The van der Waals surface area contributed by atoms with Crippen molar-refractivity contribution in [2.45, 2.75) is 38.6 Å². The maximum absolute atomic E-state index is 13.6. The Morgan fingerprint density at radius 1 is 0.900 bits per heavy atom. The molecule has 0 aromatic heterocycles. The zero-order valence-corrected chi connectivity index (χ0v) is 17.8. The number of carbonyl (C=O) groups excluding carboxylic acids is 1. The highest BCUT2D eigenvalue weighted by Gasteiger charge is 2.59. The van der Waals surface area contributed by atoms with Crippen LogP contribution in [-0.4, -0.2) is 13.0 Å². The van der Waals surface area contributed by atoms with Crippen molar-refractivity contribution in [3.05, 3.63) is 96.1 Å². The lowest BCUT2D eigenvalue weighted by atomic mass is 9.63. The van der Waals surface area contributed by atoms with Crippen LogP contribution in [0.5, 0.6) is 5.75 Å². The van der Waals surface area contributed by atoms with Crippen molar-refractivity contribution >= 4 is 11.6 Å². The van der Waals surface area contributed by atoms with Crippen molar-refractivity contribution in [2.75, 3.05) is 12.0 Å². The van der Waals surface area contributed by atoms with Crippen LogP contribution in [0.2, 0.25) is 0 Å². The van der Waals surface area contributed by atoms with Crippen LogP contribution < -0.4 is 9.64 Å². The van der Waals surface area contributed by atoms with Gasteiger partial charge in [0.1, 0.15) is 5.75 Å². The number of hydrogen-bond acceptors (Lipinski definition) is 2. The number of ether oxygens (including phenoxy) is 1. The number of hydrogen-bond donors (Lipinski definition) is 0. The van der Waals surface area contributed by atoms with E-state index < -0.39 is 0 Å². The van der Waals surface area contributed by atoms with E-state index in [1.165, 1.54) is 11.1 Å². The number of carbonyl (C=O) groups is 1. The van der Waals surface area contributed by atoms with E-state index in [4.69, 9.17) is 4.74 Å². The highest BCUT2D eigenvalue weighted by molar-refractivity contribution is 6.06. The van der Waals surface area contributed by atoms with Crippen molar-refractivity contribution in [2.24, 2.45) is 5.41 Å². The Labute approximate surface area is 179 Å². The molecule has 3 nitrogen and oxygen atoms in total. The van der Waals surface area contributed by atoms with Crippen LogP contribution in [0.3, 0.4) is 0 Å². The van der Waals surface area contributed by atoms with Crippen LogP contribution in [0.25, 0.3) is 0 Å². The smallest absolute Gasteiger partial charge is 0.236 e. The molecule has 0 saturated carbocycles. The monoisotopic (exact) mass is 399 g/mol. The van der Waals surface area contributed by atoms with Crippen molar-refractivity contribution in [3.8, 4) is 5.75 Å². The van der Waals surface area contributed by atoms with E-state index >= 15 is 0 Å². The lowest BCUT2D eigenvalue weighted by Gasteiger charge is -2.56. The minimum atomic E-state index is -0.351. The predicted molar refractivity (Wildman–Crippen MR) is 122 cm³/mol. The van der Waals surface area contributed by atoms with Crippen LogP contribution in [-0.2, 0) is 11.2 Å². The average molecular weight is 400 g/mol. The van der Waals surface area contributed by atoms with Crippen LogP contribution in [0.15, 0.2) is 84.9 Å². The molecule has 3 aromatic carbocycles. The van der Waals surface area contributed by atoms with Crippen molar-refractivity contribution in [1.29, 1.82) is 0 Å². The van der Waals surface area contributed by atoms with Gasteiger partial charge in [-0.15, -0.1) is 0 Å². The van der Waals surface area contributed by atoms with Crippen LogP contribution in [0.1, 0.15) is 43.4 Å². The fourth-order valence-electron chi connectivity index (χ4n) is 4.79. The summed E-state index contributed by atoms with van der Waals surface area (Å²) < 4.78 is 5.29. The Bertz CT molecular complexity index is 969. The molecule has 0 N–H and O–H groups in total. The summed E-state index contributed by atoms with van der Waals surface area (Å²) in [5, 5.41) is 0. The Balaban J connectivity index is 1.62. The van der Waals surface area contributed by atoms with Crippen molar-refractivity contribution < 1.29 is 9.53 Å². The van der Waals surface area contributed by atoms with E-state index in [2.05, 4.69) is 55.5 Å². The van der Waals surface area contributed by atoms with Gasteiger partial charge in [-0.25, -0.2) is 0 Å². The molecule has 1 heterocycles. The molecule has 0 radical (unpaired) electrons. The molecule has 30 heavy (non-hydrogen) atoms. The van der Waals surface area contributed by atoms with E-state index in [1.54, 1.807) is 7.11 Å². The van der Waals surface area contributed by atoms with Gasteiger partial charge < -0.3 is 9.64 Å². The summed E-state index contributed by atoms with van der Waals surface area (Å²) in [5.74, 6) is 1.03. The molecule has 3 heteroatoms. The third-order valence-corrected chi connectivity index (χ3v) is 6.45. The van der Waals surface area contributed by atoms with Crippen LogP contribution >= 0.6 is 0 Å². The lowest BCUT2D eigenvalue weighted by Crippen LogP contribution is -2.63. The first-order chi connectivity index (χ1) is 14.7. The van der Waals surface area contributed by atoms with Gasteiger partial charge in [0.2, 0.25) is 5.91 Å². The molecule has 1 saturated heterocycles. The second kappa shape index (κ2) is 8.74. The second-order valence-corrected chi connectivity index (χ2v) is 8.04. The molecule has 4 rings (SSSR count). The first-order valence-electron chi connectivity index (χ1n) is 10.8. The van der Waals surface area contributed by atoms with Gasteiger partial charge in [0.15, 0.2) is 0 Å². The number of rotatable bonds is 8. The lowest BCUT2D eigenvalue weighted by molar-refractivity contribution is -0.141. The van der Waals surface area contributed by atoms with Gasteiger partial charge in [0, 0.05) is 5.69 Å². The number of aryl methyl sites for hydroxylation is 1. The third-order valence-electron chi connectivity index (χ3n) is 6.45. The summed E-state index contributed by atoms with van der Waals surface area (Å²) in [4.78, 5) is 15.6. The molecule has 0 aliphatic carbocycles. The molecule has 1 aliphatic rings. The van der Waals surface area contributed by atoms with Gasteiger partial charge in [-0.05, 0) is 61.1 Å². The number of β-lactam (4-membered cyclic amide) rings is 1. The number of nitrogens with zero attached hydrogens (tertiary/aromatic N) is 1. The summed E-state index contributed by atoms with van der Waals surface area (Å²) in [5.41, 5.74) is 3.12. The molecule has 0 spiro atoms. The van der Waals surface area contributed by atoms with E-state index in [1.807, 2.05) is 41.3 Å². The van der Waals surface area contributed by atoms with E-state index in [-0.39, 0.29) is 17.4 Å². The van der Waals surface area contributed by atoms with Gasteiger partial charge >= 0.3 is 0 Å². The Morgan fingerprint density at radius 3 is 2.13 bits per heavy atom. The highest BCUT2D eigenvalue weighted by atomic mass is 16.5. The van der Waals surface area contributed by atoms with Gasteiger partial charge in [-0.2, -0.15) is 0 Å². The molecule has 154 valence electrons. The van der Waals surface area contributed by atoms with Gasteiger partial charge in [-0.1, -0.05) is 67.6 Å². The minimum absolute atomic E-state index is 0.0559. The summed E-state index contributed by atoms with van der Waals surface area (Å²) in [7, 11) is 1.66. The standard InChI is InChI=1S/C27H29NO2/c1-3-27(20-10-13-21-11-6-4-7-12-21)25(22-14-8-5-9-15-22)28(26(27)29)23-16-18-24(30-2)19-17-23/h4-9,11-12,14-19,25H,3,10,13,20H2,1-2H3/t25-,27+/m1/s1. The van der Waals surface area contributed by atoms with Gasteiger partial charge in [-0.3, -0.25) is 4.79 Å². The molecule has 0 bridgehead atoms. The Morgan fingerprint density at radius 2 is 1.53 bits per heavy atom. The third kappa shape index (κ3) is 3.60. The minimum Gasteiger partial charge on any atom is -0.497 e. The first kappa shape index (κ1) is 20.2. The summed E-state index contributed by atoms with van der Waals surface area (Å²) in [6, 6.07) is 28.9. The molecule has 0 unspecified atom stereocenters. The van der Waals surface area contributed by atoms with E-state index in [0.717, 1.165) is 37.1 Å². The predicted octanol–water partition coefficient (Wildman–Crippen LogP) is 6.20. The fraction of sp³-hybridized carbons (Fsp3) is 0.296. The molecular formula is C27H29NO2. The molecule has 3 aromatic rings. The average Bonchev–Trinajstić information content (AvgIpc) is 2.81. The normalized spacial score (nSPS) is 20.7. The Hall–Kier alpha value is -3.07. The second-order valence-electron chi connectivity index (χ2n) is 8.04. The summed E-state index contributed by atoms with van der Waals surface area (Å²) in [6.45, 7) is 2.15. The molecule has 2 atom stereocenters. The number of anilines is 1. The van der Waals surface area contributed by atoms with Crippen molar-refractivity contribution in [3.63, 3.8) is 0 Å². The zero-order valence-electron chi connectivity index (χ0n) is 17.8. The maximum Gasteiger partial charge on any atom is 0.236 e. The molecular weight excluding hydrogens is 370 g/mol. The number of benzene rings is 3. The molecule has 1 fully saturated rings. The zero-order chi connectivity index (χ0) is 21.0. The summed E-state index contributed by atoms with van der Waals surface area (Å²) in [6.07, 6.45) is 3.74. The summed E-state index contributed by atoms with van der Waals surface area (Å²) >= 11 is 0. The van der Waals surface area contributed by atoms with Gasteiger partial charge in [0.05, 0.1) is 18.6 Å². The van der Waals surface area contributed by atoms with Gasteiger partial charge in [0.25, 0.3) is 0 Å². The Kier molecular flexibility index (Phi) is 5.89. The number of amides is 1. The van der Waals surface area contributed by atoms with Crippen molar-refractivity contribution in [1.82, 2.24) is 0 Å². The fourth-order valence-corrected chi connectivity index (χ4v) is 4.79. The topological polar surface area (TPSA) is 29.5 Å². The largest absolute Gasteiger partial charge is 0.497 e. The van der Waals surface area contributed by atoms with Crippen LogP contribution in [0.4, 0.5) is 5.69 Å². The first-order valence-corrected chi connectivity index (χ1v) is 10.8. The highest BCUT2D eigenvalue weighted by Crippen LogP contribution is 2.56. The van der Waals surface area contributed by atoms with E-state index in [9.17, 15) is 4.79 Å². The molecule has 1 aliphatic heterocycles.